The average molecular weight is 258 g/mol. The van der Waals surface area contributed by atoms with Gasteiger partial charge in [-0.25, -0.2) is 4.79 Å². The number of hydrogen-bond acceptors (Lipinski definition) is 3. The third-order valence-corrected chi connectivity index (χ3v) is 2.98. The summed E-state index contributed by atoms with van der Waals surface area (Å²) in [6.45, 7) is 3.74. The lowest BCUT2D eigenvalue weighted by Gasteiger charge is -2.12. The predicted octanol–water partition coefficient (Wildman–Crippen LogP) is 1.61. The van der Waals surface area contributed by atoms with Crippen molar-refractivity contribution in [2.45, 2.75) is 20.4 Å². The molecule has 0 aliphatic heterocycles. The molecule has 1 N–H and O–H groups in total. The van der Waals surface area contributed by atoms with Crippen LogP contribution in [0.1, 0.15) is 27.2 Å². The highest BCUT2D eigenvalue weighted by Crippen LogP contribution is 2.08. The van der Waals surface area contributed by atoms with E-state index in [4.69, 9.17) is 5.11 Å². The highest BCUT2D eigenvalue weighted by Gasteiger charge is 2.16. The molecule has 0 amide bonds. The van der Waals surface area contributed by atoms with Crippen LogP contribution in [0, 0.1) is 13.8 Å². The van der Waals surface area contributed by atoms with Crippen molar-refractivity contribution in [3.8, 4) is 0 Å². The predicted molar refractivity (Wildman–Crippen MR) is 70.5 cm³/mol. The number of rotatable bonds is 3. The zero-order valence-electron chi connectivity index (χ0n) is 10.8. The Morgan fingerprint density at radius 2 is 2.16 bits per heavy atom. The first-order valence-electron chi connectivity index (χ1n) is 5.84. The Kier molecular flexibility index (Phi) is 3.46. The summed E-state index contributed by atoms with van der Waals surface area (Å²) in [5, 5.41) is 9.10. The lowest BCUT2D eigenvalue weighted by molar-refractivity contribution is 0.0693. The molecule has 0 aliphatic carbocycles. The lowest BCUT2D eigenvalue weighted by atomic mass is 10.1. The highest BCUT2D eigenvalue weighted by atomic mass is 16.4. The third kappa shape index (κ3) is 2.54. The summed E-state index contributed by atoms with van der Waals surface area (Å²) in [6.07, 6.45) is 3.31. The van der Waals surface area contributed by atoms with Crippen LogP contribution >= 0.6 is 0 Å². The van der Waals surface area contributed by atoms with Gasteiger partial charge in [-0.3, -0.25) is 9.78 Å². The maximum absolute atomic E-state index is 12.2. The Labute approximate surface area is 110 Å². The van der Waals surface area contributed by atoms with E-state index in [9.17, 15) is 9.59 Å². The van der Waals surface area contributed by atoms with Crippen LogP contribution in [-0.4, -0.2) is 20.6 Å². The summed E-state index contributed by atoms with van der Waals surface area (Å²) in [4.78, 5) is 27.3. The van der Waals surface area contributed by atoms with E-state index in [2.05, 4.69) is 4.98 Å². The topological polar surface area (TPSA) is 72.2 Å². The molecule has 2 aromatic heterocycles. The number of nitrogens with zero attached hydrogens (tertiary/aromatic N) is 2. The number of aromatic nitrogens is 2. The molecule has 0 atom stereocenters. The third-order valence-electron chi connectivity index (χ3n) is 2.98. The van der Waals surface area contributed by atoms with Gasteiger partial charge in [0.2, 0.25) is 0 Å². The monoisotopic (exact) mass is 258 g/mol. The molecule has 0 radical (unpaired) electrons. The number of hydrogen-bond donors (Lipinski definition) is 1. The van der Waals surface area contributed by atoms with Crippen LogP contribution in [0.25, 0.3) is 0 Å². The second kappa shape index (κ2) is 5.06. The van der Waals surface area contributed by atoms with Gasteiger partial charge in [0, 0.05) is 18.1 Å². The number of carboxylic acids is 1. The maximum Gasteiger partial charge on any atom is 0.341 e. The Morgan fingerprint density at radius 1 is 1.42 bits per heavy atom. The van der Waals surface area contributed by atoms with Crippen molar-refractivity contribution in [3.05, 3.63) is 63.3 Å². The lowest BCUT2D eigenvalue weighted by Crippen LogP contribution is -2.29. The Bertz CT molecular complexity index is 675. The van der Waals surface area contributed by atoms with Gasteiger partial charge in [0.25, 0.3) is 5.56 Å². The molecule has 2 heterocycles. The molecule has 0 fully saturated rings. The van der Waals surface area contributed by atoms with E-state index in [0.717, 1.165) is 11.3 Å². The maximum atomic E-state index is 12.2. The molecule has 0 aliphatic rings. The molecule has 98 valence electrons. The second-order valence-corrected chi connectivity index (χ2v) is 4.40. The molecule has 2 rings (SSSR count). The van der Waals surface area contributed by atoms with Gasteiger partial charge >= 0.3 is 5.97 Å². The van der Waals surface area contributed by atoms with E-state index in [1.807, 2.05) is 6.07 Å². The quantitative estimate of drug-likeness (QED) is 0.907. The molecule has 2 aromatic rings. The fourth-order valence-corrected chi connectivity index (χ4v) is 2.06. The first kappa shape index (κ1) is 13.0. The molecule has 0 unspecified atom stereocenters. The first-order valence-corrected chi connectivity index (χ1v) is 5.84. The van der Waals surface area contributed by atoms with Crippen LogP contribution in [-0.2, 0) is 6.54 Å². The number of pyridine rings is 2. The molecular weight excluding hydrogens is 244 g/mol. The van der Waals surface area contributed by atoms with Crippen LogP contribution in [0.5, 0.6) is 0 Å². The average Bonchev–Trinajstić information content (AvgIpc) is 2.35. The minimum Gasteiger partial charge on any atom is -0.477 e. The van der Waals surface area contributed by atoms with Crippen molar-refractivity contribution in [2.24, 2.45) is 0 Å². The fraction of sp³-hybridized carbons (Fsp3) is 0.214. The number of aromatic carboxylic acids is 1. The van der Waals surface area contributed by atoms with E-state index in [0.29, 0.717) is 12.1 Å². The van der Waals surface area contributed by atoms with E-state index >= 15 is 0 Å². The van der Waals surface area contributed by atoms with Crippen molar-refractivity contribution < 1.29 is 9.90 Å². The van der Waals surface area contributed by atoms with Gasteiger partial charge in [-0.2, -0.15) is 0 Å². The van der Waals surface area contributed by atoms with E-state index in [-0.39, 0.29) is 5.56 Å². The van der Waals surface area contributed by atoms with Gasteiger partial charge in [0.15, 0.2) is 0 Å². The highest BCUT2D eigenvalue weighted by molar-refractivity contribution is 5.88. The second-order valence-electron chi connectivity index (χ2n) is 4.40. The number of carbonyl (C=O) groups is 1. The minimum absolute atomic E-state index is 0.172. The molecule has 0 spiro atoms. The standard InChI is InChI=1S/C14H14N2O3/c1-9-6-10(2)16(13(17)12(9)14(18)19)8-11-4-3-5-15-7-11/h3-7H,8H2,1-2H3,(H,18,19). The summed E-state index contributed by atoms with van der Waals surface area (Å²) in [6, 6.07) is 5.34. The fourth-order valence-electron chi connectivity index (χ4n) is 2.06. The largest absolute Gasteiger partial charge is 0.477 e. The first-order chi connectivity index (χ1) is 9.00. The molecule has 0 saturated carbocycles. The molecule has 0 aromatic carbocycles. The summed E-state index contributed by atoms with van der Waals surface area (Å²) < 4.78 is 1.45. The Hall–Kier alpha value is -2.43. The van der Waals surface area contributed by atoms with Gasteiger partial charge in [-0.1, -0.05) is 6.07 Å². The van der Waals surface area contributed by atoms with Crippen LogP contribution in [0.15, 0.2) is 35.4 Å². The van der Waals surface area contributed by atoms with Gasteiger partial charge in [0.1, 0.15) is 5.56 Å². The van der Waals surface area contributed by atoms with Crippen molar-refractivity contribution >= 4 is 5.97 Å². The SMILES string of the molecule is Cc1cc(C)n(Cc2cccnc2)c(=O)c1C(=O)O. The van der Waals surface area contributed by atoms with Crippen molar-refractivity contribution in [3.63, 3.8) is 0 Å². The van der Waals surface area contributed by atoms with Crippen LogP contribution < -0.4 is 5.56 Å². The summed E-state index contributed by atoms with van der Waals surface area (Å²) >= 11 is 0. The Morgan fingerprint density at radius 3 is 2.74 bits per heavy atom. The molecule has 0 bridgehead atoms. The van der Waals surface area contributed by atoms with Crippen molar-refractivity contribution in [1.82, 2.24) is 9.55 Å². The van der Waals surface area contributed by atoms with Crippen LogP contribution in [0.3, 0.4) is 0 Å². The number of carboxylic acid groups (broad SMARTS) is 1. The zero-order valence-corrected chi connectivity index (χ0v) is 10.8. The van der Waals surface area contributed by atoms with Crippen molar-refractivity contribution in [1.29, 1.82) is 0 Å². The summed E-state index contributed by atoms with van der Waals surface area (Å²) in [7, 11) is 0. The van der Waals surface area contributed by atoms with Crippen LogP contribution in [0.4, 0.5) is 0 Å². The molecule has 5 nitrogen and oxygen atoms in total. The molecule has 19 heavy (non-hydrogen) atoms. The van der Waals surface area contributed by atoms with Crippen LogP contribution in [0.2, 0.25) is 0 Å². The van der Waals surface area contributed by atoms with Gasteiger partial charge in [-0.05, 0) is 37.1 Å². The summed E-state index contributed by atoms with van der Waals surface area (Å²) in [5.74, 6) is -1.19. The van der Waals surface area contributed by atoms with Crippen molar-refractivity contribution in [2.75, 3.05) is 0 Å². The molecule has 0 saturated heterocycles. The normalized spacial score (nSPS) is 10.4. The smallest absolute Gasteiger partial charge is 0.341 e. The number of aryl methyl sites for hydroxylation is 2. The van der Waals surface area contributed by atoms with Gasteiger partial charge in [-0.15, -0.1) is 0 Å². The van der Waals surface area contributed by atoms with Gasteiger partial charge in [0.05, 0.1) is 6.54 Å². The Balaban J connectivity index is 2.55. The molecule has 5 heteroatoms. The molecular formula is C14H14N2O3. The van der Waals surface area contributed by atoms with Gasteiger partial charge < -0.3 is 9.67 Å². The minimum atomic E-state index is -1.19. The van der Waals surface area contributed by atoms with E-state index < -0.39 is 11.5 Å². The van der Waals surface area contributed by atoms with E-state index in [1.54, 1.807) is 38.4 Å². The van der Waals surface area contributed by atoms with E-state index in [1.165, 1.54) is 4.57 Å². The zero-order chi connectivity index (χ0) is 14.0. The summed E-state index contributed by atoms with van der Waals surface area (Å²) in [5.41, 5.74) is 1.42.